The highest BCUT2D eigenvalue weighted by atomic mass is 16.5. The summed E-state index contributed by atoms with van der Waals surface area (Å²) in [4.78, 5) is 11.4. The maximum Gasteiger partial charge on any atom is 0.158 e. The average Bonchev–Trinajstić information content (AvgIpc) is 3.30. The van der Waals surface area contributed by atoms with Gasteiger partial charge in [0.05, 0.1) is 18.0 Å². The predicted molar refractivity (Wildman–Crippen MR) is 152 cm³/mol. The van der Waals surface area contributed by atoms with Crippen LogP contribution in [0.1, 0.15) is 49.8 Å². The number of benzene rings is 2. The van der Waals surface area contributed by atoms with E-state index in [1.807, 2.05) is 43.5 Å². The second-order valence-electron chi connectivity index (χ2n) is 10.2. The number of hydrogen-bond donors (Lipinski definition) is 1. The minimum Gasteiger partial charge on any atom is -0.491 e. The van der Waals surface area contributed by atoms with Crippen molar-refractivity contribution in [2.45, 2.75) is 47.0 Å². The van der Waals surface area contributed by atoms with Crippen molar-refractivity contribution in [3.63, 3.8) is 0 Å². The maximum atomic E-state index is 6.59. The van der Waals surface area contributed by atoms with E-state index in [1.54, 1.807) is 4.52 Å². The van der Waals surface area contributed by atoms with E-state index in [4.69, 9.17) is 20.2 Å². The first kappa shape index (κ1) is 25.6. The number of rotatable bonds is 8. The molecule has 0 aliphatic carbocycles. The number of amidine groups is 1. The number of nitrogens with two attached hydrogens (primary N) is 1. The summed E-state index contributed by atoms with van der Waals surface area (Å²) < 4.78 is 14.0. The number of ether oxygens (including phenoxy) is 2. The van der Waals surface area contributed by atoms with Gasteiger partial charge >= 0.3 is 0 Å². The lowest BCUT2D eigenvalue weighted by molar-refractivity contribution is 0.273. The lowest BCUT2D eigenvalue weighted by Crippen LogP contribution is -2.29. The molecule has 8 nitrogen and oxygen atoms in total. The Bertz CT molecular complexity index is 1460. The fourth-order valence-corrected chi connectivity index (χ4v) is 4.84. The predicted octanol–water partition coefficient (Wildman–Crippen LogP) is 6.20. The number of anilines is 1. The highest BCUT2D eigenvalue weighted by Gasteiger charge is 2.22. The third-order valence-corrected chi connectivity index (χ3v) is 6.90. The van der Waals surface area contributed by atoms with Crippen LogP contribution in [0.25, 0.3) is 5.65 Å². The first-order valence-corrected chi connectivity index (χ1v) is 13.4. The van der Waals surface area contributed by atoms with Crippen molar-refractivity contribution >= 4 is 22.9 Å². The van der Waals surface area contributed by atoms with Crippen LogP contribution in [-0.2, 0) is 0 Å². The highest BCUT2D eigenvalue weighted by Crippen LogP contribution is 2.36. The smallest absolute Gasteiger partial charge is 0.158 e. The molecule has 198 valence electrons. The van der Waals surface area contributed by atoms with Gasteiger partial charge in [0, 0.05) is 36.8 Å². The molecule has 1 unspecified atom stereocenters. The molecule has 0 bridgehead atoms. The van der Waals surface area contributed by atoms with Crippen LogP contribution in [0.5, 0.6) is 17.2 Å². The molecule has 2 aromatic carbocycles. The van der Waals surface area contributed by atoms with Gasteiger partial charge in [-0.2, -0.15) is 5.10 Å². The van der Waals surface area contributed by atoms with E-state index in [-0.39, 0.29) is 0 Å². The van der Waals surface area contributed by atoms with Gasteiger partial charge < -0.3 is 20.1 Å². The van der Waals surface area contributed by atoms with Gasteiger partial charge in [0.1, 0.15) is 29.4 Å². The molecular weight excluding hydrogens is 476 g/mol. The molecule has 1 aliphatic rings. The summed E-state index contributed by atoms with van der Waals surface area (Å²) >= 11 is 0. The molecule has 5 rings (SSSR count). The Labute approximate surface area is 224 Å². The normalized spacial score (nSPS) is 15.7. The quantitative estimate of drug-likeness (QED) is 0.172. The minimum atomic E-state index is 0.459. The van der Waals surface area contributed by atoms with Crippen LogP contribution in [0.15, 0.2) is 60.0 Å². The molecule has 2 aromatic heterocycles. The van der Waals surface area contributed by atoms with Gasteiger partial charge in [-0.15, -0.1) is 0 Å². The second kappa shape index (κ2) is 11.1. The van der Waals surface area contributed by atoms with E-state index in [2.05, 4.69) is 47.9 Å². The van der Waals surface area contributed by atoms with Crippen LogP contribution >= 0.6 is 0 Å². The van der Waals surface area contributed by atoms with Crippen LogP contribution in [0.2, 0.25) is 0 Å². The van der Waals surface area contributed by atoms with Gasteiger partial charge in [0.2, 0.25) is 0 Å². The average molecular weight is 513 g/mol. The molecule has 0 saturated heterocycles. The van der Waals surface area contributed by atoms with Gasteiger partial charge in [-0.1, -0.05) is 26.7 Å². The molecule has 38 heavy (non-hydrogen) atoms. The zero-order chi connectivity index (χ0) is 26.6. The molecule has 8 heteroatoms. The number of pyridine rings is 1. The monoisotopic (exact) mass is 512 g/mol. The Morgan fingerprint density at radius 1 is 1.13 bits per heavy atom. The van der Waals surface area contributed by atoms with Crippen LogP contribution in [0, 0.1) is 19.8 Å². The number of unbranched alkanes of at least 4 members (excludes halogenated alkanes) is 2. The summed E-state index contributed by atoms with van der Waals surface area (Å²) in [5.74, 6) is 3.33. The topological polar surface area (TPSA) is 90.3 Å². The van der Waals surface area contributed by atoms with Crippen LogP contribution in [-0.4, -0.2) is 40.1 Å². The van der Waals surface area contributed by atoms with E-state index in [1.165, 1.54) is 19.2 Å². The first-order chi connectivity index (χ1) is 18.4. The molecule has 0 radical (unpaired) electrons. The van der Waals surface area contributed by atoms with E-state index >= 15 is 0 Å². The summed E-state index contributed by atoms with van der Waals surface area (Å²) in [6, 6.07) is 13.8. The summed E-state index contributed by atoms with van der Waals surface area (Å²) in [5, 5.41) is 4.12. The Hall–Kier alpha value is -4.07. The summed E-state index contributed by atoms with van der Waals surface area (Å²) in [5.41, 5.74) is 12.1. The van der Waals surface area contributed by atoms with Gasteiger partial charge in [-0.3, -0.25) is 0 Å². The van der Waals surface area contributed by atoms with E-state index in [0.717, 1.165) is 71.3 Å². The van der Waals surface area contributed by atoms with Gasteiger partial charge in [-0.25, -0.2) is 14.5 Å². The highest BCUT2D eigenvalue weighted by molar-refractivity contribution is 6.01. The largest absolute Gasteiger partial charge is 0.491 e. The third kappa shape index (κ3) is 5.59. The fourth-order valence-electron chi connectivity index (χ4n) is 4.84. The van der Waals surface area contributed by atoms with Crippen molar-refractivity contribution in [1.29, 1.82) is 0 Å². The molecule has 2 N–H and O–H groups in total. The Kier molecular flexibility index (Phi) is 7.49. The van der Waals surface area contributed by atoms with E-state index in [9.17, 15) is 0 Å². The van der Waals surface area contributed by atoms with Crippen LogP contribution in [0.4, 0.5) is 11.4 Å². The van der Waals surface area contributed by atoms with E-state index < -0.39 is 0 Å². The fraction of sp³-hybridized carbons (Fsp3) is 0.367. The number of nitrogens with zero attached hydrogens (tertiary/aromatic N) is 5. The van der Waals surface area contributed by atoms with Crippen molar-refractivity contribution in [2.75, 3.05) is 24.6 Å². The number of aliphatic imine (C=N–C) groups is 1. The zero-order valence-electron chi connectivity index (χ0n) is 22.6. The Morgan fingerprint density at radius 2 is 2.00 bits per heavy atom. The summed E-state index contributed by atoms with van der Waals surface area (Å²) in [6.45, 7) is 11.2. The standard InChI is InChI=1S/C30H36N6O2/c1-5-6-7-11-35-17-20(2)18-37-28-14-21(3)25(16-26(28)35)30(31)34-23-8-9-27(22(4)13-23)38-24-10-12-36-29(15-24)32-19-33-36/h8-10,12-16,19-20H,5-7,11,17-18H2,1-4H3,(H2,31,34). The molecule has 0 saturated carbocycles. The van der Waals surface area contributed by atoms with Gasteiger partial charge in [0.25, 0.3) is 0 Å². The number of aromatic nitrogens is 3. The molecule has 0 fully saturated rings. The SMILES string of the molecule is CCCCCN1CC(C)COc2cc(C)c(C(N)=Nc3ccc(Oc4ccn5ncnc5c4)c(C)c3)cc21. The van der Waals surface area contributed by atoms with E-state index in [0.29, 0.717) is 17.5 Å². The molecule has 3 heterocycles. The lowest BCUT2D eigenvalue weighted by atomic mass is 10.0. The molecular formula is C30H36N6O2. The lowest BCUT2D eigenvalue weighted by Gasteiger charge is -2.26. The molecule has 0 amide bonds. The van der Waals surface area contributed by atoms with Crippen molar-refractivity contribution in [1.82, 2.24) is 14.6 Å². The number of hydrogen-bond acceptors (Lipinski definition) is 6. The molecule has 0 spiro atoms. The minimum absolute atomic E-state index is 0.459. The van der Waals surface area contributed by atoms with Crippen molar-refractivity contribution in [2.24, 2.45) is 16.6 Å². The third-order valence-electron chi connectivity index (χ3n) is 6.90. The Morgan fingerprint density at radius 3 is 2.82 bits per heavy atom. The van der Waals surface area contributed by atoms with Crippen LogP contribution in [0.3, 0.4) is 0 Å². The number of aryl methyl sites for hydroxylation is 2. The second-order valence-corrected chi connectivity index (χ2v) is 10.2. The number of fused-ring (bicyclic) bond motifs is 2. The maximum absolute atomic E-state index is 6.59. The van der Waals surface area contributed by atoms with Gasteiger partial charge in [-0.05, 0) is 67.8 Å². The Balaban J connectivity index is 1.39. The molecule has 1 atom stereocenters. The van der Waals surface area contributed by atoms with Crippen LogP contribution < -0.4 is 20.1 Å². The summed E-state index contributed by atoms with van der Waals surface area (Å²) in [6.07, 6.45) is 6.93. The van der Waals surface area contributed by atoms with Crippen molar-refractivity contribution in [3.05, 3.63) is 71.7 Å². The molecule has 4 aromatic rings. The first-order valence-electron chi connectivity index (χ1n) is 13.4. The zero-order valence-corrected chi connectivity index (χ0v) is 22.6. The summed E-state index contributed by atoms with van der Waals surface area (Å²) in [7, 11) is 0. The van der Waals surface area contributed by atoms with Gasteiger partial charge in [0.15, 0.2) is 5.65 Å². The van der Waals surface area contributed by atoms with Crippen molar-refractivity contribution in [3.8, 4) is 17.2 Å². The molecule has 1 aliphatic heterocycles. The van der Waals surface area contributed by atoms with Crippen molar-refractivity contribution < 1.29 is 9.47 Å².